The van der Waals surface area contributed by atoms with E-state index in [4.69, 9.17) is 37.9 Å². The molecule has 4 rings (SSSR count). The molecule has 0 aromatic carbocycles. The van der Waals surface area contributed by atoms with Gasteiger partial charge in [0.2, 0.25) is 29.5 Å². The summed E-state index contributed by atoms with van der Waals surface area (Å²) < 4.78 is 42.9. The first-order valence-corrected chi connectivity index (χ1v) is 27.1. The lowest BCUT2D eigenvalue weighted by Gasteiger charge is -2.39. The maximum atomic E-state index is 14.1. The number of hydrogen-bond donors (Lipinski definition) is 22. The van der Waals surface area contributed by atoms with Crippen LogP contribution in [0, 0.1) is 0 Å². The monoisotopic (exact) mass is 1240 g/mol. The summed E-state index contributed by atoms with van der Waals surface area (Å²) in [6, 6.07) is -1.60. The molecule has 4 saturated heterocycles. The van der Waals surface area contributed by atoms with E-state index in [1.54, 1.807) is 0 Å². The number of carboxylic acids is 1. The number of amides is 5. The molecule has 0 bridgehead atoms. The van der Waals surface area contributed by atoms with Crippen LogP contribution in [0.5, 0.6) is 0 Å². The average molecular weight is 1240 g/mol. The predicted octanol–water partition coefficient (Wildman–Crippen LogP) is -15.3. The summed E-state index contributed by atoms with van der Waals surface area (Å²) in [5, 5.41) is 182. The molecule has 22 N–H and O–H groups in total. The minimum absolute atomic E-state index is 0.309. The molecule has 85 heavy (non-hydrogen) atoms. The number of aliphatic carboxylic acids is 1. The second-order valence-corrected chi connectivity index (χ2v) is 20.0. The van der Waals surface area contributed by atoms with Gasteiger partial charge in [0.1, 0.15) is 97.7 Å². The molecule has 38 nitrogen and oxygen atoms in total. The summed E-state index contributed by atoms with van der Waals surface area (Å²) >= 11 is 0. The van der Waals surface area contributed by atoms with Gasteiger partial charge in [-0.3, -0.25) is 38.6 Å². The molecule has 4 aliphatic rings. The van der Waals surface area contributed by atoms with E-state index < -0.39 is 256 Å². The van der Waals surface area contributed by atoms with Crippen molar-refractivity contribution in [2.45, 2.75) is 142 Å². The normalized spacial score (nSPS) is 33.7. The number of carbonyl (C=O) groups is 6. The first-order chi connectivity index (χ1) is 40.4. The second-order valence-electron chi connectivity index (χ2n) is 20.0. The number of carbonyl (C=O) groups excluding carboxylic acids is 5. The zero-order chi connectivity index (χ0) is 63.1. The van der Waals surface area contributed by atoms with Gasteiger partial charge in [-0.25, -0.2) is 0 Å². The van der Waals surface area contributed by atoms with Crippen LogP contribution >= 0.6 is 0 Å². The summed E-state index contributed by atoms with van der Waals surface area (Å²) in [4.78, 5) is 82.3. The topological polar surface area (TPSA) is 587 Å². The number of aliphatic hydroxyl groups excluding tert-OH is 16. The van der Waals surface area contributed by atoms with Crippen LogP contribution in [0.1, 0.15) is 12.8 Å². The fraction of sp³-hybridized carbons (Fsp3) is 0.872. The second kappa shape index (κ2) is 36.9. The fourth-order valence-electron chi connectivity index (χ4n) is 8.97. The smallest absolute Gasteiger partial charge is 0.305 e. The molecular formula is C47H83N7O31. The van der Waals surface area contributed by atoms with Crippen molar-refractivity contribution in [2.24, 2.45) is 0 Å². The molecular weight excluding hydrogens is 1160 g/mol. The van der Waals surface area contributed by atoms with Gasteiger partial charge in [-0.15, -0.1) is 0 Å². The highest BCUT2D eigenvalue weighted by atomic mass is 16.7. The summed E-state index contributed by atoms with van der Waals surface area (Å²) in [5.74, 6) is -5.69. The standard InChI is InChI=1S/C47H83N7O31/c55-17-22-31(65)35(69)39(73)44(82-22)78-9-4-48-26(59)13-53(14-27(60)49-5-10-79-45-40(74)36(70)32(66)23(18-56)83-45)8-2-21(43(77)52-3-1-30(63)64)54(15-28(61)50-6-11-80-46-41(75)37(71)33(67)24(19-57)84-46)16-29(62)51-7-12-81-47-42(76)38(72)34(68)25(20-58)85-47/h21-25,31-42,44-47,55-58,65-76H,1-20H2,(H,48,59)(H,49,60)(H,50,61)(H,51,62)(H,52,77)(H,63,64)/t21?,22-,23-,24-,25-,31-,32-,33-,34-,35+,36+,37+,38+,39+,40+,41+,42+,44+,45+,46+,47+/m1/s1. The number of nitrogens with zero attached hydrogens (tertiary/aromatic N) is 2. The molecule has 21 atom stereocenters. The molecule has 0 spiro atoms. The Morgan fingerprint density at radius 2 is 0.671 bits per heavy atom. The minimum Gasteiger partial charge on any atom is -0.481 e. The molecule has 0 saturated carbocycles. The van der Waals surface area contributed by atoms with Crippen LogP contribution < -0.4 is 26.6 Å². The van der Waals surface area contributed by atoms with Crippen LogP contribution in [0.3, 0.4) is 0 Å². The average Bonchev–Trinajstić information content (AvgIpc) is 3.42. The van der Waals surface area contributed by atoms with Crippen molar-refractivity contribution >= 4 is 35.5 Å². The number of rotatable bonds is 36. The number of ether oxygens (including phenoxy) is 8. The van der Waals surface area contributed by atoms with Crippen molar-refractivity contribution in [2.75, 3.05) is 118 Å². The van der Waals surface area contributed by atoms with E-state index in [1.807, 2.05) is 0 Å². The molecule has 38 heteroatoms. The van der Waals surface area contributed by atoms with Crippen LogP contribution in [0.2, 0.25) is 0 Å². The fourth-order valence-corrected chi connectivity index (χ4v) is 8.97. The van der Waals surface area contributed by atoms with Crippen molar-refractivity contribution in [1.82, 2.24) is 36.4 Å². The van der Waals surface area contributed by atoms with Gasteiger partial charge in [-0.05, 0) is 6.42 Å². The molecule has 0 aromatic heterocycles. The molecule has 4 fully saturated rings. The van der Waals surface area contributed by atoms with Crippen LogP contribution in [-0.2, 0) is 66.7 Å². The quantitative estimate of drug-likeness (QED) is 0.0259. The third kappa shape index (κ3) is 22.4. The van der Waals surface area contributed by atoms with Gasteiger partial charge >= 0.3 is 5.97 Å². The van der Waals surface area contributed by atoms with Crippen LogP contribution in [0.4, 0.5) is 0 Å². The van der Waals surface area contributed by atoms with Crippen LogP contribution in [0.15, 0.2) is 0 Å². The Morgan fingerprint density at radius 1 is 0.388 bits per heavy atom. The number of hydrogen-bond acceptors (Lipinski definition) is 32. The molecule has 5 amide bonds. The van der Waals surface area contributed by atoms with E-state index in [0.29, 0.717) is 0 Å². The van der Waals surface area contributed by atoms with E-state index in [2.05, 4.69) is 26.6 Å². The van der Waals surface area contributed by atoms with Gasteiger partial charge in [0.15, 0.2) is 25.2 Å². The number of nitrogens with one attached hydrogen (secondary N) is 5. The maximum Gasteiger partial charge on any atom is 0.305 e. The van der Waals surface area contributed by atoms with Gasteiger partial charge in [0, 0.05) is 39.3 Å². The Bertz CT molecular complexity index is 1920. The third-order valence-corrected chi connectivity index (χ3v) is 13.7. The predicted molar refractivity (Wildman–Crippen MR) is 273 cm³/mol. The van der Waals surface area contributed by atoms with Crippen molar-refractivity contribution in [1.29, 1.82) is 0 Å². The lowest BCUT2D eigenvalue weighted by Crippen LogP contribution is -2.59. The zero-order valence-electron chi connectivity index (χ0n) is 46.0. The highest BCUT2D eigenvalue weighted by Crippen LogP contribution is 2.25. The van der Waals surface area contributed by atoms with Gasteiger partial charge in [0.05, 0.1) is 91.5 Å². The Kier molecular flexibility index (Phi) is 31.8. The van der Waals surface area contributed by atoms with Crippen LogP contribution in [-0.4, -0.2) is 379 Å². The van der Waals surface area contributed by atoms with Gasteiger partial charge < -0.3 is 151 Å². The molecule has 1 unspecified atom stereocenters. The Morgan fingerprint density at radius 3 is 0.941 bits per heavy atom. The summed E-state index contributed by atoms with van der Waals surface area (Å²) in [6.07, 6.45) is -33.6. The first kappa shape index (κ1) is 73.3. The highest BCUT2D eigenvalue weighted by Gasteiger charge is 2.47. The van der Waals surface area contributed by atoms with E-state index in [-0.39, 0.29) is 39.4 Å². The Labute approximate surface area is 484 Å². The van der Waals surface area contributed by atoms with E-state index >= 15 is 0 Å². The maximum absolute atomic E-state index is 14.1. The van der Waals surface area contributed by atoms with E-state index in [9.17, 15) is 116 Å². The Hall–Kier alpha value is -4.22. The lowest BCUT2D eigenvalue weighted by atomic mass is 9.99. The molecule has 0 radical (unpaired) electrons. The molecule has 4 heterocycles. The third-order valence-electron chi connectivity index (χ3n) is 13.7. The zero-order valence-corrected chi connectivity index (χ0v) is 46.0. The van der Waals surface area contributed by atoms with Crippen LogP contribution in [0.25, 0.3) is 0 Å². The Balaban J connectivity index is 1.54. The minimum atomic E-state index is -1.79. The molecule has 492 valence electrons. The highest BCUT2D eigenvalue weighted by molar-refractivity contribution is 5.86. The van der Waals surface area contributed by atoms with Gasteiger partial charge in [0.25, 0.3) is 0 Å². The number of aliphatic hydroxyl groups is 16. The summed E-state index contributed by atoms with van der Waals surface area (Å²) in [7, 11) is 0. The molecule has 4 aliphatic heterocycles. The van der Waals surface area contributed by atoms with Crippen molar-refractivity contribution in [3.8, 4) is 0 Å². The summed E-state index contributed by atoms with van der Waals surface area (Å²) in [6.45, 7) is -9.82. The number of carboxylic acid groups (broad SMARTS) is 1. The van der Waals surface area contributed by atoms with E-state index in [0.717, 1.165) is 4.90 Å². The molecule has 0 aliphatic carbocycles. The lowest BCUT2D eigenvalue weighted by molar-refractivity contribution is -0.300. The van der Waals surface area contributed by atoms with Gasteiger partial charge in [-0.2, -0.15) is 0 Å². The first-order valence-electron chi connectivity index (χ1n) is 27.1. The van der Waals surface area contributed by atoms with E-state index in [1.165, 1.54) is 4.90 Å². The van der Waals surface area contributed by atoms with Crippen molar-refractivity contribution in [3.63, 3.8) is 0 Å². The SMILES string of the molecule is O=C(O)CCNC(=O)C(CCN(CC(=O)NCCO[C@H]1O[C@H](CO)[C@@H](O)[C@H](O)[C@@H]1O)CC(=O)NCCO[C@H]1O[C@H](CO)[C@@H](O)[C@H](O)[C@@H]1O)N(CC(=O)NCCO[C@H]1O[C@H](CO)[C@@H](O)[C@H](O)[C@@H]1O)CC(=O)NCCO[C@H]1O[C@H](CO)[C@@H](O)[C@H](O)[C@@H]1O. The van der Waals surface area contributed by atoms with Crippen molar-refractivity contribution < 1.29 is 153 Å². The largest absolute Gasteiger partial charge is 0.481 e. The van der Waals surface area contributed by atoms with Gasteiger partial charge in [-0.1, -0.05) is 0 Å². The van der Waals surface area contributed by atoms with Crippen molar-refractivity contribution in [3.05, 3.63) is 0 Å². The molecule has 0 aromatic rings. The summed E-state index contributed by atoms with van der Waals surface area (Å²) in [5.41, 5.74) is 0.